The maximum atomic E-state index is 14.4. The van der Waals surface area contributed by atoms with Crippen molar-refractivity contribution in [3.63, 3.8) is 0 Å². The molecule has 0 aliphatic heterocycles. The van der Waals surface area contributed by atoms with Crippen molar-refractivity contribution in [2.45, 2.75) is 52.1 Å². The lowest BCUT2D eigenvalue weighted by Gasteiger charge is -2.36. The Bertz CT molecular complexity index is 1490. The fourth-order valence-electron chi connectivity index (χ4n) is 5.98. The monoisotopic (exact) mass is 556 g/mol. The van der Waals surface area contributed by atoms with E-state index in [0.29, 0.717) is 39.0 Å². The van der Waals surface area contributed by atoms with E-state index in [-0.39, 0.29) is 36.2 Å². The van der Waals surface area contributed by atoms with Gasteiger partial charge in [0.2, 0.25) is 5.91 Å². The molecule has 6 nitrogen and oxygen atoms in total. The van der Waals surface area contributed by atoms with Crippen LogP contribution in [0.15, 0.2) is 78.9 Å². The van der Waals surface area contributed by atoms with Gasteiger partial charge in [-0.3, -0.25) is 9.59 Å². The SMILES string of the molecule is CCOC(=O)Cn1c2c(c3cc(F)ccc31)C[C@@H](N(CCOc1ccccc1)C(=O)[C@@H](C)Cc1ccccc1)CC2. The number of carbonyl (C=O) groups is 2. The number of esters is 1. The fourth-order valence-corrected chi connectivity index (χ4v) is 5.98. The molecule has 4 aromatic rings. The summed E-state index contributed by atoms with van der Waals surface area (Å²) < 4.78 is 27.6. The number of hydrogen-bond donors (Lipinski definition) is 0. The van der Waals surface area contributed by atoms with Gasteiger partial charge in [-0.1, -0.05) is 55.5 Å². The molecule has 0 N–H and O–H groups in total. The minimum absolute atomic E-state index is 0.0718. The Morgan fingerprint density at radius 3 is 2.51 bits per heavy atom. The summed E-state index contributed by atoms with van der Waals surface area (Å²) in [6, 6.07) is 24.3. The van der Waals surface area contributed by atoms with E-state index >= 15 is 0 Å². The minimum atomic E-state index is -0.323. The quantitative estimate of drug-likeness (QED) is 0.213. The van der Waals surface area contributed by atoms with Gasteiger partial charge < -0.3 is 18.9 Å². The first-order valence-corrected chi connectivity index (χ1v) is 14.4. The van der Waals surface area contributed by atoms with Crippen molar-refractivity contribution in [1.29, 1.82) is 0 Å². The first kappa shape index (κ1) is 28.4. The molecule has 5 rings (SSSR count). The number of rotatable bonds is 11. The molecule has 1 aliphatic carbocycles. The van der Waals surface area contributed by atoms with Crippen molar-refractivity contribution in [3.05, 3.63) is 102 Å². The molecule has 1 aromatic heterocycles. The Labute approximate surface area is 240 Å². The van der Waals surface area contributed by atoms with Gasteiger partial charge in [0.05, 0.1) is 13.2 Å². The van der Waals surface area contributed by atoms with Crippen LogP contribution in [-0.4, -0.2) is 47.1 Å². The molecule has 0 fully saturated rings. The van der Waals surface area contributed by atoms with E-state index in [0.717, 1.165) is 39.9 Å². The molecule has 0 radical (unpaired) electrons. The second kappa shape index (κ2) is 13.0. The van der Waals surface area contributed by atoms with Gasteiger partial charge >= 0.3 is 5.97 Å². The van der Waals surface area contributed by atoms with Crippen LogP contribution in [0.4, 0.5) is 4.39 Å². The number of aromatic nitrogens is 1. The van der Waals surface area contributed by atoms with E-state index in [4.69, 9.17) is 9.47 Å². The second-order valence-electron chi connectivity index (χ2n) is 10.7. The van der Waals surface area contributed by atoms with Gasteiger partial charge in [-0.2, -0.15) is 0 Å². The number of ether oxygens (including phenoxy) is 2. The van der Waals surface area contributed by atoms with Crippen LogP contribution in [0.5, 0.6) is 5.75 Å². The van der Waals surface area contributed by atoms with Crippen LogP contribution < -0.4 is 4.74 Å². The van der Waals surface area contributed by atoms with Crippen LogP contribution in [0.1, 0.15) is 37.1 Å². The third kappa shape index (κ3) is 6.62. The molecule has 3 aromatic carbocycles. The predicted molar refractivity (Wildman–Crippen MR) is 157 cm³/mol. The van der Waals surface area contributed by atoms with Crippen molar-refractivity contribution in [2.75, 3.05) is 19.8 Å². The van der Waals surface area contributed by atoms with Crippen molar-refractivity contribution < 1.29 is 23.5 Å². The van der Waals surface area contributed by atoms with E-state index in [2.05, 4.69) is 0 Å². The summed E-state index contributed by atoms with van der Waals surface area (Å²) in [6.45, 7) is 4.97. The average Bonchev–Trinajstić information content (AvgIpc) is 3.27. The highest BCUT2D eigenvalue weighted by molar-refractivity contribution is 5.88. The Kier molecular flexibility index (Phi) is 9.02. The number of carbonyl (C=O) groups excluding carboxylic acids is 2. The van der Waals surface area contributed by atoms with Crippen LogP contribution in [0.3, 0.4) is 0 Å². The summed E-state index contributed by atoms with van der Waals surface area (Å²) in [5.41, 5.74) is 3.95. The van der Waals surface area contributed by atoms with E-state index in [9.17, 15) is 14.0 Å². The topological polar surface area (TPSA) is 60.8 Å². The molecule has 1 heterocycles. The zero-order chi connectivity index (χ0) is 28.8. The first-order chi connectivity index (χ1) is 19.9. The molecule has 0 saturated carbocycles. The van der Waals surface area contributed by atoms with Gasteiger partial charge in [-0.15, -0.1) is 0 Å². The largest absolute Gasteiger partial charge is 0.492 e. The van der Waals surface area contributed by atoms with Crippen LogP contribution in [-0.2, 0) is 40.1 Å². The van der Waals surface area contributed by atoms with Crippen molar-refractivity contribution in [2.24, 2.45) is 5.92 Å². The zero-order valence-corrected chi connectivity index (χ0v) is 23.7. The third-order valence-electron chi connectivity index (χ3n) is 7.87. The smallest absolute Gasteiger partial charge is 0.325 e. The van der Waals surface area contributed by atoms with E-state index in [1.807, 2.05) is 77.1 Å². The summed E-state index contributed by atoms with van der Waals surface area (Å²) in [4.78, 5) is 28.4. The van der Waals surface area contributed by atoms with E-state index in [1.54, 1.807) is 19.1 Å². The van der Waals surface area contributed by atoms with Crippen molar-refractivity contribution >= 4 is 22.8 Å². The van der Waals surface area contributed by atoms with Crippen LogP contribution in [0.2, 0.25) is 0 Å². The number of benzene rings is 3. The minimum Gasteiger partial charge on any atom is -0.492 e. The van der Waals surface area contributed by atoms with Crippen LogP contribution >= 0.6 is 0 Å². The third-order valence-corrected chi connectivity index (χ3v) is 7.87. The van der Waals surface area contributed by atoms with Gasteiger partial charge in [0.1, 0.15) is 24.7 Å². The summed E-state index contributed by atoms with van der Waals surface area (Å²) in [7, 11) is 0. The summed E-state index contributed by atoms with van der Waals surface area (Å²) in [5, 5.41) is 0.791. The molecule has 1 aliphatic rings. The molecule has 2 atom stereocenters. The summed E-state index contributed by atoms with van der Waals surface area (Å²) >= 11 is 0. The molecular weight excluding hydrogens is 519 g/mol. The van der Waals surface area contributed by atoms with Gasteiger partial charge in [0.15, 0.2) is 0 Å². The predicted octanol–water partition coefficient (Wildman–Crippen LogP) is 5.99. The zero-order valence-electron chi connectivity index (χ0n) is 23.7. The summed E-state index contributed by atoms with van der Waals surface area (Å²) in [5.74, 6) is -0.00107. The molecular formula is C34H37FN2O4. The lowest BCUT2D eigenvalue weighted by molar-refractivity contribution is -0.143. The lowest BCUT2D eigenvalue weighted by Crippen LogP contribution is -2.48. The molecule has 0 unspecified atom stereocenters. The maximum Gasteiger partial charge on any atom is 0.325 e. The van der Waals surface area contributed by atoms with Gasteiger partial charge in [-0.05, 0) is 74.1 Å². The Morgan fingerprint density at radius 2 is 1.78 bits per heavy atom. The number of halogens is 1. The van der Waals surface area contributed by atoms with E-state index < -0.39 is 0 Å². The number of fused-ring (bicyclic) bond motifs is 3. The van der Waals surface area contributed by atoms with Gasteiger partial charge in [-0.25, -0.2) is 4.39 Å². The molecule has 0 spiro atoms. The fraction of sp³-hybridized carbons (Fsp3) is 0.353. The van der Waals surface area contributed by atoms with Crippen LogP contribution in [0.25, 0.3) is 10.9 Å². The highest BCUT2D eigenvalue weighted by Gasteiger charge is 2.33. The molecule has 1 amide bonds. The van der Waals surface area contributed by atoms with Gasteiger partial charge in [0.25, 0.3) is 0 Å². The second-order valence-corrected chi connectivity index (χ2v) is 10.7. The van der Waals surface area contributed by atoms with E-state index in [1.165, 1.54) is 6.07 Å². The average molecular weight is 557 g/mol. The molecule has 0 bridgehead atoms. The molecule has 41 heavy (non-hydrogen) atoms. The Hall–Kier alpha value is -4.13. The number of nitrogens with zero attached hydrogens (tertiary/aromatic N) is 2. The first-order valence-electron chi connectivity index (χ1n) is 14.4. The van der Waals surface area contributed by atoms with Gasteiger partial charge in [0, 0.05) is 28.6 Å². The number of para-hydroxylation sites is 1. The van der Waals surface area contributed by atoms with Crippen molar-refractivity contribution in [1.82, 2.24) is 9.47 Å². The summed E-state index contributed by atoms with van der Waals surface area (Å²) in [6.07, 6.45) is 2.65. The highest BCUT2D eigenvalue weighted by atomic mass is 19.1. The number of hydrogen-bond acceptors (Lipinski definition) is 4. The molecule has 7 heteroatoms. The lowest BCUT2D eigenvalue weighted by atomic mass is 9.89. The molecule has 0 saturated heterocycles. The normalized spacial score (nSPS) is 15.2. The Morgan fingerprint density at radius 1 is 1.05 bits per heavy atom. The maximum absolute atomic E-state index is 14.4. The van der Waals surface area contributed by atoms with Crippen molar-refractivity contribution in [3.8, 4) is 5.75 Å². The highest BCUT2D eigenvalue weighted by Crippen LogP contribution is 2.35. The van der Waals surface area contributed by atoms with Crippen LogP contribution in [0, 0.1) is 11.7 Å². The Balaban J connectivity index is 1.42. The standard InChI is InChI=1S/C34H37FN2O4/c1-3-40-33(38)23-37-31-16-14-26(35)21-29(31)30-22-27(15-17-32(30)37)36(18-19-41-28-12-8-5-9-13-28)34(39)24(2)20-25-10-6-4-7-11-25/h4-14,16,21,24,27H,3,15,17-20,22-23H2,1-2H3/t24-,27-/m0/s1. The number of amides is 1. The molecule has 214 valence electrons.